The summed E-state index contributed by atoms with van der Waals surface area (Å²) < 4.78 is 5.35. The van der Waals surface area contributed by atoms with E-state index in [0.29, 0.717) is 18.6 Å². The van der Waals surface area contributed by atoms with E-state index in [4.69, 9.17) is 10.2 Å². The fraction of sp³-hybridized carbons (Fsp3) is 0.700. The van der Waals surface area contributed by atoms with E-state index in [9.17, 15) is 0 Å². The third-order valence-electron chi connectivity index (χ3n) is 2.97. The molecule has 1 heterocycles. The van der Waals surface area contributed by atoms with Gasteiger partial charge in [0.1, 0.15) is 6.26 Å². The van der Waals surface area contributed by atoms with E-state index in [0.717, 1.165) is 11.6 Å². The largest absolute Gasteiger partial charge is 0.432 e. The Hall–Kier alpha value is -1.03. The van der Waals surface area contributed by atoms with E-state index in [2.05, 4.69) is 16.8 Å². The Kier molecular flexibility index (Phi) is 2.46. The lowest BCUT2D eigenvalue weighted by Gasteiger charge is -2.22. The van der Waals surface area contributed by atoms with E-state index >= 15 is 0 Å². The third kappa shape index (κ3) is 1.75. The summed E-state index contributed by atoms with van der Waals surface area (Å²) >= 11 is 0. The molecule has 14 heavy (non-hydrogen) atoms. The highest BCUT2D eigenvalue weighted by atomic mass is 16.4. The Morgan fingerprint density at radius 2 is 2.43 bits per heavy atom. The van der Waals surface area contributed by atoms with Crippen LogP contribution >= 0.6 is 0 Å². The van der Waals surface area contributed by atoms with Crippen LogP contribution in [0.25, 0.3) is 0 Å². The monoisotopic (exact) mass is 195 g/mol. The van der Waals surface area contributed by atoms with Crippen molar-refractivity contribution >= 4 is 6.01 Å². The summed E-state index contributed by atoms with van der Waals surface area (Å²) in [6.45, 7) is 2.65. The minimum Gasteiger partial charge on any atom is -0.432 e. The van der Waals surface area contributed by atoms with Gasteiger partial charge < -0.3 is 15.1 Å². The van der Waals surface area contributed by atoms with E-state index in [1.807, 2.05) is 7.05 Å². The van der Waals surface area contributed by atoms with E-state index in [1.165, 1.54) is 12.8 Å². The molecule has 78 valence electrons. The second kappa shape index (κ2) is 3.61. The number of hydrogen-bond acceptors (Lipinski definition) is 4. The smallest absolute Gasteiger partial charge is 0.297 e. The Morgan fingerprint density at radius 3 is 2.93 bits per heavy atom. The van der Waals surface area contributed by atoms with Crippen molar-refractivity contribution in [2.45, 2.75) is 32.4 Å². The molecule has 1 fully saturated rings. The van der Waals surface area contributed by atoms with Crippen LogP contribution in [0.5, 0.6) is 0 Å². The van der Waals surface area contributed by atoms with Crippen molar-refractivity contribution in [3.8, 4) is 0 Å². The number of aromatic nitrogens is 1. The van der Waals surface area contributed by atoms with Crippen LogP contribution in [-0.2, 0) is 6.54 Å². The van der Waals surface area contributed by atoms with Crippen molar-refractivity contribution in [1.82, 2.24) is 4.98 Å². The predicted molar refractivity (Wildman–Crippen MR) is 55.0 cm³/mol. The standard InChI is InChI=1S/C10H17N3O/c1-7(8-3-4-8)13(2)10-12-9(5-11)6-14-10/h6-8H,3-5,11H2,1-2H3. The van der Waals surface area contributed by atoms with Crippen LogP contribution in [-0.4, -0.2) is 18.1 Å². The number of nitrogens with zero attached hydrogens (tertiary/aromatic N) is 2. The van der Waals surface area contributed by atoms with Gasteiger partial charge in [0.15, 0.2) is 0 Å². The maximum absolute atomic E-state index is 5.47. The molecular weight excluding hydrogens is 178 g/mol. The van der Waals surface area contributed by atoms with Gasteiger partial charge in [-0.3, -0.25) is 0 Å². The minimum atomic E-state index is 0.440. The van der Waals surface area contributed by atoms with Crippen molar-refractivity contribution in [1.29, 1.82) is 0 Å². The van der Waals surface area contributed by atoms with Crippen LogP contribution in [0.1, 0.15) is 25.5 Å². The SMILES string of the molecule is CC(C1CC1)N(C)c1nc(CN)co1. The molecule has 2 rings (SSSR count). The molecule has 1 atom stereocenters. The minimum absolute atomic E-state index is 0.440. The van der Waals surface area contributed by atoms with Gasteiger partial charge in [0.05, 0.1) is 5.69 Å². The zero-order chi connectivity index (χ0) is 10.1. The van der Waals surface area contributed by atoms with Gasteiger partial charge in [-0.05, 0) is 25.7 Å². The first-order valence-electron chi connectivity index (χ1n) is 5.09. The van der Waals surface area contributed by atoms with Gasteiger partial charge >= 0.3 is 0 Å². The van der Waals surface area contributed by atoms with Gasteiger partial charge in [0.25, 0.3) is 6.01 Å². The zero-order valence-electron chi connectivity index (χ0n) is 8.73. The molecule has 1 saturated carbocycles. The molecule has 1 aliphatic carbocycles. The van der Waals surface area contributed by atoms with Gasteiger partial charge in [-0.15, -0.1) is 0 Å². The average molecular weight is 195 g/mol. The molecular formula is C10H17N3O. The lowest BCUT2D eigenvalue weighted by molar-refractivity contribution is 0.501. The molecule has 0 spiro atoms. The third-order valence-corrected chi connectivity index (χ3v) is 2.97. The van der Waals surface area contributed by atoms with Gasteiger partial charge in [-0.1, -0.05) is 0 Å². The Morgan fingerprint density at radius 1 is 1.71 bits per heavy atom. The van der Waals surface area contributed by atoms with Gasteiger partial charge in [-0.2, -0.15) is 4.98 Å². The molecule has 0 aliphatic heterocycles. The first kappa shape index (κ1) is 9.52. The zero-order valence-corrected chi connectivity index (χ0v) is 8.73. The first-order valence-corrected chi connectivity index (χ1v) is 5.09. The lowest BCUT2D eigenvalue weighted by Crippen LogP contribution is -2.30. The molecule has 0 amide bonds. The fourth-order valence-corrected chi connectivity index (χ4v) is 1.62. The summed E-state index contributed by atoms with van der Waals surface area (Å²) in [5.74, 6) is 0.813. The van der Waals surface area contributed by atoms with Gasteiger partial charge in [-0.25, -0.2) is 0 Å². The molecule has 0 radical (unpaired) electrons. The highest BCUT2D eigenvalue weighted by Crippen LogP contribution is 2.35. The lowest BCUT2D eigenvalue weighted by atomic mass is 10.2. The van der Waals surface area contributed by atoms with Gasteiger partial charge in [0.2, 0.25) is 0 Å². The predicted octanol–water partition coefficient (Wildman–Crippen LogP) is 1.37. The van der Waals surface area contributed by atoms with Gasteiger partial charge in [0, 0.05) is 19.6 Å². The molecule has 2 N–H and O–H groups in total. The van der Waals surface area contributed by atoms with E-state index in [1.54, 1.807) is 6.26 Å². The summed E-state index contributed by atoms with van der Waals surface area (Å²) in [6, 6.07) is 1.20. The maximum Gasteiger partial charge on any atom is 0.297 e. The molecule has 1 unspecified atom stereocenters. The summed E-state index contributed by atoms with van der Waals surface area (Å²) in [7, 11) is 2.02. The topological polar surface area (TPSA) is 55.3 Å². The van der Waals surface area contributed by atoms with Crippen molar-refractivity contribution in [3.05, 3.63) is 12.0 Å². The van der Waals surface area contributed by atoms with Crippen LogP contribution in [0.4, 0.5) is 6.01 Å². The van der Waals surface area contributed by atoms with Crippen molar-refractivity contribution in [2.75, 3.05) is 11.9 Å². The molecule has 1 aromatic rings. The van der Waals surface area contributed by atoms with Crippen molar-refractivity contribution < 1.29 is 4.42 Å². The van der Waals surface area contributed by atoms with Crippen LogP contribution in [0.3, 0.4) is 0 Å². The maximum atomic E-state index is 5.47. The highest BCUT2D eigenvalue weighted by Gasteiger charge is 2.32. The molecule has 1 aromatic heterocycles. The first-order chi connectivity index (χ1) is 6.72. The normalized spacial score (nSPS) is 18.2. The molecule has 0 bridgehead atoms. The van der Waals surface area contributed by atoms with E-state index < -0.39 is 0 Å². The van der Waals surface area contributed by atoms with E-state index in [-0.39, 0.29) is 0 Å². The van der Waals surface area contributed by atoms with Crippen LogP contribution in [0.2, 0.25) is 0 Å². The molecule has 0 saturated heterocycles. The summed E-state index contributed by atoms with van der Waals surface area (Å²) in [4.78, 5) is 6.39. The number of nitrogens with two attached hydrogens (primary N) is 1. The van der Waals surface area contributed by atoms with Crippen molar-refractivity contribution in [3.63, 3.8) is 0 Å². The molecule has 1 aliphatic rings. The molecule has 4 heteroatoms. The fourth-order valence-electron chi connectivity index (χ4n) is 1.62. The molecule has 0 aromatic carbocycles. The Labute approximate surface area is 84.1 Å². The number of rotatable bonds is 4. The number of anilines is 1. The Balaban J connectivity index is 2.05. The number of oxazole rings is 1. The number of hydrogen-bond donors (Lipinski definition) is 1. The van der Waals surface area contributed by atoms with Crippen LogP contribution < -0.4 is 10.6 Å². The average Bonchev–Trinajstić information content (AvgIpc) is 2.94. The Bertz CT molecular complexity index is 306. The summed E-state index contributed by atoms with van der Waals surface area (Å²) in [5.41, 5.74) is 6.29. The molecule has 4 nitrogen and oxygen atoms in total. The highest BCUT2D eigenvalue weighted by molar-refractivity contribution is 5.28. The summed E-state index contributed by atoms with van der Waals surface area (Å²) in [6.07, 6.45) is 4.29. The second-order valence-electron chi connectivity index (χ2n) is 4.01. The summed E-state index contributed by atoms with van der Waals surface area (Å²) in [5, 5.41) is 0. The van der Waals surface area contributed by atoms with Crippen LogP contribution in [0.15, 0.2) is 10.7 Å². The quantitative estimate of drug-likeness (QED) is 0.788. The second-order valence-corrected chi connectivity index (χ2v) is 4.01. The van der Waals surface area contributed by atoms with Crippen molar-refractivity contribution in [2.24, 2.45) is 11.7 Å². The van der Waals surface area contributed by atoms with Crippen LogP contribution in [0, 0.1) is 5.92 Å².